The molecule has 1 rings (SSSR count). The molecule has 2 nitrogen and oxygen atoms in total. The van der Waals surface area contributed by atoms with Crippen molar-refractivity contribution in [2.24, 2.45) is 11.8 Å². The van der Waals surface area contributed by atoms with E-state index in [-0.39, 0.29) is 0 Å². The van der Waals surface area contributed by atoms with E-state index in [1.807, 2.05) is 0 Å². The van der Waals surface area contributed by atoms with Gasteiger partial charge >= 0.3 is 0 Å². The number of nitrogens with one attached hydrogen (secondary N) is 1. The molecule has 0 heterocycles. The average molecular weight is 263 g/mol. The van der Waals surface area contributed by atoms with Crippen molar-refractivity contribution in [3.63, 3.8) is 0 Å². The van der Waals surface area contributed by atoms with Crippen LogP contribution in [0.1, 0.15) is 30.5 Å². The van der Waals surface area contributed by atoms with Gasteiger partial charge in [0, 0.05) is 13.7 Å². The fraction of sp³-hybridized carbons (Fsp3) is 0.647. The highest BCUT2D eigenvalue weighted by atomic mass is 16.5. The summed E-state index contributed by atoms with van der Waals surface area (Å²) in [4.78, 5) is 0. The number of hydrogen-bond acceptors (Lipinski definition) is 2. The molecule has 0 spiro atoms. The molecule has 1 unspecified atom stereocenters. The van der Waals surface area contributed by atoms with Crippen molar-refractivity contribution in [1.82, 2.24) is 5.32 Å². The number of methoxy groups -OCH3 is 1. The van der Waals surface area contributed by atoms with Crippen LogP contribution in [0.4, 0.5) is 0 Å². The van der Waals surface area contributed by atoms with E-state index >= 15 is 0 Å². The second kappa shape index (κ2) is 8.34. The number of aryl methyl sites for hydroxylation is 2. The van der Waals surface area contributed by atoms with Crippen LogP contribution in [0.5, 0.6) is 0 Å². The topological polar surface area (TPSA) is 21.3 Å². The summed E-state index contributed by atoms with van der Waals surface area (Å²) in [5.74, 6) is 1.37. The fourth-order valence-electron chi connectivity index (χ4n) is 2.31. The fourth-order valence-corrected chi connectivity index (χ4v) is 2.31. The summed E-state index contributed by atoms with van der Waals surface area (Å²) in [6.45, 7) is 11.8. The van der Waals surface area contributed by atoms with Crippen LogP contribution in [0.25, 0.3) is 0 Å². The van der Waals surface area contributed by atoms with Crippen LogP contribution in [0.3, 0.4) is 0 Å². The summed E-state index contributed by atoms with van der Waals surface area (Å²) < 4.78 is 5.07. The molecule has 1 aromatic carbocycles. The first kappa shape index (κ1) is 16.2. The predicted molar refractivity (Wildman–Crippen MR) is 82.7 cm³/mol. The molecule has 2 heteroatoms. The van der Waals surface area contributed by atoms with Crippen molar-refractivity contribution in [2.75, 3.05) is 26.8 Å². The first-order chi connectivity index (χ1) is 9.04. The highest BCUT2D eigenvalue weighted by Gasteiger charge is 2.15. The Labute approximate surface area is 118 Å². The van der Waals surface area contributed by atoms with Gasteiger partial charge < -0.3 is 10.1 Å². The zero-order valence-corrected chi connectivity index (χ0v) is 13.1. The lowest BCUT2D eigenvalue weighted by atomic mass is 9.87. The van der Waals surface area contributed by atoms with E-state index in [2.05, 4.69) is 51.2 Å². The molecule has 0 aromatic heterocycles. The normalized spacial score (nSPS) is 12.9. The molecule has 0 aliphatic heterocycles. The zero-order valence-electron chi connectivity index (χ0n) is 13.1. The number of benzene rings is 1. The van der Waals surface area contributed by atoms with Crippen LogP contribution in [0.2, 0.25) is 0 Å². The third kappa shape index (κ3) is 5.75. The summed E-state index contributed by atoms with van der Waals surface area (Å²) in [5.41, 5.74) is 4.26. The standard InChI is InChI=1S/C17H29NO/c1-13(2)17(12-18-8-9-19-5)11-16-10-14(3)6-7-15(16)4/h6-7,10,13,17-18H,8-9,11-12H2,1-5H3. The Morgan fingerprint density at radius 1 is 1.21 bits per heavy atom. The summed E-state index contributed by atoms with van der Waals surface area (Å²) in [6.07, 6.45) is 1.16. The third-order valence-corrected chi connectivity index (χ3v) is 3.82. The maximum absolute atomic E-state index is 5.07. The smallest absolute Gasteiger partial charge is 0.0587 e. The molecule has 0 fully saturated rings. The average Bonchev–Trinajstić information content (AvgIpc) is 2.37. The van der Waals surface area contributed by atoms with Crippen LogP contribution < -0.4 is 5.32 Å². The Hall–Kier alpha value is -0.860. The molecule has 1 N–H and O–H groups in total. The molecule has 0 saturated heterocycles. The summed E-state index contributed by atoms with van der Waals surface area (Å²) >= 11 is 0. The van der Waals surface area contributed by atoms with Gasteiger partial charge in [0.25, 0.3) is 0 Å². The van der Waals surface area contributed by atoms with Crippen molar-refractivity contribution in [3.05, 3.63) is 34.9 Å². The van der Waals surface area contributed by atoms with E-state index in [0.29, 0.717) is 11.8 Å². The van der Waals surface area contributed by atoms with Gasteiger partial charge in [-0.05, 0) is 49.8 Å². The predicted octanol–water partition coefficient (Wildman–Crippen LogP) is 3.35. The molecular weight excluding hydrogens is 234 g/mol. The lowest BCUT2D eigenvalue weighted by Gasteiger charge is -2.22. The minimum Gasteiger partial charge on any atom is -0.383 e. The van der Waals surface area contributed by atoms with Crippen molar-refractivity contribution in [1.29, 1.82) is 0 Å². The molecule has 19 heavy (non-hydrogen) atoms. The maximum atomic E-state index is 5.07. The quantitative estimate of drug-likeness (QED) is 0.726. The van der Waals surface area contributed by atoms with E-state index in [1.165, 1.54) is 16.7 Å². The maximum Gasteiger partial charge on any atom is 0.0587 e. The monoisotopic (exact) mass is 263 g/mol. The van der Waals surface area contributed by atoms with Gasteiger partial charge in [0.05, 0.1) is 6.61 Å². The molecule has 0 bridgehead atoms. The van der Waals surface area contributed by atoms with E-state index < -0.39 is 0 Å². The van der Waals surface area contributed by atoms with Crippen LogP contribution in [-0.4, -0.2) is 26.8 Å². The SMILES string of the molecule is COCCNCC(Cc1cc(C)ccc1C)C(C)C. The Morgan fingerprint density at radius 3 is 2.58 bits per heavy atom. The minimum absolute atomic E-state index is 0.678. The van der Waals surface area contributed by atoms with Crippen LogP contribution in [-0.2, 0) is 11.2 Å². The lowest BCUT2D eigenvalue weighted by Crippen LogP contribution is -2.30. The lowest BCUT2D eigenvalue weighted by molar-refractivity contribution is 0.196. The highest BCUT2D eigenvalue weighted by Crippen LogP contribution is 2.20. The molecule has 0 radical (unpaired) electrons. The van der Waals surface area contributed by atoms with Gasteiger partial charge in [0.15, 0.2) is 0 Å². The molecule has 0 aliphatic carbocycles. The second-order valence-corrected chi connectivity index (χ2v) is 5.84. The molecule has 0 aliphatic rings. The Morgan fingerprint density at radius 2 is 1.95 bits per heavy atom. The summed E-state index contributed by atoms with van der Waals surface area (Å²) in [5, 5.41) is 3.50. The van der Waals surface area contributed by atoms with Gasteiger partial charge in [-0.25, -0.2) is 0 Å². The van der Waals surface area contributed by atoms with Gasteiger partial charge in [-0.15, -0.1) is 0 Å². The molecule has 1 atom stereocenters. The Bertz CT molecular complexity index is 374. The van der Waals surface area contributed by atoms with Gasteiger partial charge in [0.1, 0.15) is 0 Å². The van der Waals surface area contributed by atoms with Crippen LogP contribution in [0.15, 0.2) is 18.2 Å². The van der Waals surface area contributed by atoms with Gasteiger partial charge in [0.2, 0.25) is 0 Å². The Kier molecular flexibility index (Phi) is 7.11. The summed E-state index contributed by atoms with van der Waals surface area (Å²) in [6, 6.07) is 6.76. The van der Waals surface area contributed by atoms with Crippen molar-refractivity contribution < 1.29 is 4.74 Å². The van der Waals surface area contributed by atoms with E-state index in [4.69, 9.17) is 4.74 Å². The van der Waals surface area contributed by atoms with E-state index in [0.717, 1.165) is 26.1 Å². The first-order valence-corrected chi connectivity index (χ1v) is 7.30. The minimum atomic E-state index is 0.678. The van der Waals surface area contributed by atoms with Crippen LogP contribution in [0, 0.1) is 25.7 Å². The number of hydrogen-bond donors (Lipinski definition) is 1. The zero-order chi connectivity index (χ0) is 14.3. The molecular formula is C17H29NO. The molecule has 0 saturated carbocycles. The molecule has 1 aromatic rings. The Balaban J connectivity index is 2.59. The van der Waals surface area contributed by atoms with Crippen molar-refractivity contribution in [2.45, 2.75) is 34.1 Å². The molecule has 0 amide bonds. The van der Waals surface area contributed by atoms with E-state index in [1.54, 1.807) is 7.11 Å². The van der Waals surface area contributed by atoms with Gasteiger partial charge in [-0.1, -0.05) is 37.6 Å². The number of rotatable bonds is 8. The van der Waals surface area contributed by atoms with E-state index in [9.17, 15) is 0 Å². The van der Waals surface area contributed by atoms with Gasteiger partial charge in [-0.2, -0.15) is 0 Å². The highest BCUT2D eigenvalue weighted by molar-refractivity contribution is 5.30. The summed E-state index contributed by atoms with van der Waals surface area (Å²) in [7, 11) is 1.75. The third-order valence-electron chi connectivity index (χ3n) is 3.82. The number of ether oxygens (including phenoxy) is 1. The van der Waals surface area contributed by atoms with Crippen molar-refractivity contribution >= 4 is 0 Å². The largest absolute Gasteiger partial charge is 0.383 e. The van der Waals surface area contributed by atoms with Crippen molar-refractivity contribution in [3.8, 4) is 0 Å². The van der Waals surface area contributed by atoms with Gasteiger partial charge in [-0.3, -0.25) is 0 Å². The second-order valence-electron chi connectivity index (χ2n) is 5.84. The molecule has 108 valence electrons. The van der Waals surface area contributed by atoms with Crippen LogP contribution >= 0.6 is 0 Å². The first-order valence-electron chi connectivity index (χ1n) is 7.30.